The Morgan fingerprint density at radius 2 is 2.10 bits per heavy atom. The second-order valence-electron chi connectivity index (χ2n) is 5.15. The molecule has 0 amide bonds. The van der Waals surface area contributed by atoms with E-state index in [9.17, 15) is 9.18 Å². The van der Waals surface area contributed by atoms with Gasteiger partial charge in [0.15, 0.2) is 0 Å². The summed E-state index contributed by atoms with van der Waals surface area (Å²) in [7, 11) is 0. The van der Waals surface area contributed by atoms with Gasteiger partial charge < -0.3 is 9.84 Å². The first-order chi connectivity index (χ1) is 9.47. The van der Waals surface area contributed by atoms with E-state index in [0.29, 0.717) is 0 Å². The number of likely N-dealkylation sites (tertiary alicyclic amines) is 1. The molecule has 1 aliphatic rings. The summed E-state index contributed by atoms with van der Waals surface area (Å²) >= 11 is 1.68. The van der Waals surface area contributed by atoms with Gasteiger partial charge in [-0.2, -0.15) is 0 Å². The zero-order valence-corrected chi connectivity index (χ0v) is 12.2. The molecular formula is C14H18FNO3S. The highest BCUT2D eigenvalue weighted by atomic mass is 32.2. The van der Waals surface area contributed by atoms with Gasteiger partial charge in [-0.15, -0.1) is 11.8 Å². The predicted molar refractivity (Wildman–Crippen MR) is 75.6 cm³/mol. The fraction of sp³-hybridized carbons (Fsp3) is 0.500. The summed E-state index contributed by atoms with van der Waals surface area (Å²) < 4.78 is 18.1. The maximum Gasteiger partial charge on any atom is 0.329 e. The van der Waals surface area contributed by atoms with Crippen molar-refractivity contribution in [2.45, 2.75) is 17.4 Å². The molecule has 1 heterocycles. The summed E-state index contributed by atoms with van der Waals surface area (Å²) in [5, 5.41) is 8.58. The van der Waals surface area contributed by atoms with Gasteiger partial charge in [0.1, 0.15) is 12.4 Å². The zero-order chi connectivity index (χ0) is 14.6. The topological polar surface area (TPSA) is 49.8 Å². The van der Waals surface area contributed by atoms with Crippen molar-refractivity contribution in [3.63, 3.8) is 0 Å². The minimum absolute atomic E-state index is 0.219. The van der Waals surface area contributed by atoms with Crippen LogP contribution in [0.3, 0.4) is 0 Å². The average molecular weight is 299 g/mol. The van der Waals surface area contributed by atoms with Crippen molar-refractivity contribution in [3.8, 4) is 0 Å². The van der Waals surface area contributed by atoms with Crippen LogP contribution in [-0.2, 0) is 9.53 Å². The summed E-state index contributed by atoms with van der Waals surface area (Å²) in [4.78, 5) is 13.7. The largest absolute Gasteiger partial charge is 0.480 e. The fourth-order valence-corrected chi connectivity index (χ4v) is 3.12. The molecule has 1 aromatic carbocycles. The van der Waals surface area contributed by atoms with Crippen LogP contribution in [0.5, 0.6) is 0 Å². The summed E-state index contributed by atoms with van der Waals surface area (Å²) in [5.74, 6) is -0.235. The molecule has 0 saturated carbocycles. The number of rotatable bonds is 7. The minimum atomic E-state index is -0.934. The van der Waals surface area contributed by atoms with Crippen molar-refractivity contribution in [3.05, 3.63) is 30.1 Å². The minimum Gasteiger partial charge on any atom is -0.480 e. The van der Waals surface area contributed by atoms with E-state index < -0.39 is 5.97 Å². The summed E-state index contributed by atoms with van der Waals surface area (Å²) in [6.45, 7) is 4.11. The maximum absolute atomic E-state index is 12.7. The molecule has 20 heavy (non-hydrogen) atoms. The van der Waals surface area contributed by atoms with Crippen molar-refractivity contribution in [1.29, 1.82) is 0 Å². The molecule has 0 atom stereocenters. The maximum atomic E-state index is 12.7. The Morgan fingerprint density at radius 3 is 2.70 bits per heavy atom. The van der Waals surface area contributed by atoms with Crippen LogP contribution in [0.1, 0.15) is 6.92 Å². The molecule has 6 heteroatoms. The van der Waals surface area contributed by atoms with Gasteiger partial charge in [0, 0.05) is 30.3 Å². The first-order valence-corrected chi connectivity index (χ1v) is 7.42. The van der Waals surface area contributed by atoms with E-state index in [1.165, 1.54) is 12.1 Å². The van der Waals surface area contributed by atoms with Crippen molar-refractivity contribution in [2.75, 3.05) is 32.0 Å². The molecule has 1 fully saturated rings. The molecule has 0 spiro atoms. The summed E-state index contributed by atoms with van der Waals surface area (Å²) in [6.07, 6.45) is 0. The third-order valence-electron chi connectivity index (χ3n) is 3.15. The summed E-state index contributed by atoms with van der Waals surface area (Å²) in [5.41, 5.74) is -0.334. The van der Waals surface area contributed by atoms with Crippen LogP contribution in [0.4, 0.5) is 4.39 Å². The quantitative estimate of drug-likeness (QED) is 0.781. The van der Waals surface area contributed by atoms with Gasteiger partial charge in [-0.25, -0.2) is 9.18 Å². The molecular weight excluding hydrogens is 281 g/mol. The lowest BCUT2D eigenvalue weighted by molar-refractivity contribution is -0.164. The Labute approximate surface area is 121 Å². The number of nitrogens with zero attached hydrogens (tertiary/aromatic N) is 1. The normalized spacial score (nSPS) is 17.7. The predicted octanol–water partition coefficient (Wildman–Crippen LogP) is 2.09. The van der Waals surface area contributed by atoms with E-state index >= 15 is 0 Å². The average Bonchev–Trinajstić information content (AvgIpc) is 2.37. The first-order valence-electron chi connectivity index (χ1n) is 6.43. The molecule has 0 bridgehead atoms. The Bertz CT molecular complexity index is 460. The molecule has 1 aliphatic heterocycles. The van der Waals surface area contributed by atoms with Crippen molar-refractivity contribution >= 4 is 17.7 Å². The van der Waals surface area contributed by atoms with E-state index in [4.69, 9.17) is 9.84 Å². The van der Waals surface area contributed by atoms with Crippen LogP contribution >= 0.6 is 11.8 Å². The fourth-order valence-electron chi connectivity index (χ4n) is 2.21. The number of aliphatic carboxylic acids is 1. The van der Waals surface area contributed by atoms with Gasteiger partial charge in [-0.3, -0.25) is 4.90 Å². The molecule has 0 aliphatic carbocycles. The molecule has 1 N–H and O–H groups in total. The number of hydrogen-bond donors (Lipinski definition) is 1. The van der Waals surface area contributed by atoms with Crippen LogP contribution in [-0.4, -0.2) is 53.6 Å². The Morgan fingerprint density at radius 1 is 1.45 bits per heavy atom. The van der Waals surface area contributed by atoms with Gasteiger partial charge in [0.25, 0.3) is 0 Å². The highest BCUT2D eigenvalue weighted by Crippen LogP contribution is 2.26. The third-order valence-corrected chi connectivity index (χ3v) is 4.14. The van der Waals surface area contributed by atoms with E-state index in [-0.39, 0.29) is 18.0 Å². The Hall–Kier alpha value is -1.11. The lowest BCUT2D eigenvalue weighted by atomic mass is 9.97. The van der Waals surface area contributed by atoms with Crippen LogP contribution in [0.25, 0.3) is 0 Å². The Balaban J connectivity index is 1.63. The highest BCUT2D eigenvalue weighted by molar-refractivity contribution is 7.99. The smallest absolute Gasteiger partial charge is 0.329 e. The van der Waals surface area contributed by atoms with E-state index in [1.807, 2.05) is 6.92 Å². The van der Waals surface area contributed by atoms with Gasteiger partial charge in [-0.05, 0) is 31.2 Å². The number of thioether (sulfide) groups is 1. The van der Waals surface area contributed by atoms with Gasteiger partial charge in [0.2, 0.25) is 0 Å². The molecule has 0 aromatic heterocycles. The number of hydrogen-bond acceptors (Lipinski definition) is 4. The molecule has 1 aromatic rings. The van der Waals surface area contributed by atoms with Gasteiger partial charge >= 0.3 is 5.97 Å². The number of benzene rings is 1. The van der Waals surface area contributed by atoms with E-state index in [0.717, 1.165) is 30.3 Å². The molecule has 110 valence electrons. The third kappa shape index (κ3) is 4.47. The zero-order valence-electron chi connectivity index (χ0n) is 11.3. The second-order valence-corrected chi connectivity index (χ2v) is 6.31. The SMILES string of the molecule is CC1(OCC(=O)O)CN(CCSc2ccc(F)cc2)C1. The monoisotopic (exact) mass is 299 g/mol. The summed E-state index contributed by atoms with van der Waals surface area (Å²) in [6, 6.07) is 6.47. The molecule has 2 rings (SSSR count). The van der Waals surface area contributed by atoms with Crippen molar-refractivity contribution in [1.82, 2.24) is 4.90 Å². The molecule has 4 nitrogen and oxygen atoms in total. The van der Waals surface area contributed by atoms with Crippen molar-refractivity contribution in [2.24, 2.45) is 0 Å². The van der Waals surface area contributed by atoms with Gasteiger partial charge in [-0.1, -0.05) is 0 Å². The van der Waals surface area contributed by atoms with Crippen LogP contribution < -0.4 is 0 Å². The second kappa shape index (κ2) is 6.56. The van der Waals surface area contributed by atoms with Crippen molar-refractivity contribution < 1.29 is 19.0 Å². The number of halogens is 1. The lowest BCUT2D eigenvalue weighted by Gasteiger charge is -2.47. The number of carboxylic acid groups (broad SMARTS) is 1. The number of carbonyl (C=O) groups is 1. The highest BCUT2D eigenvalue weighted by Gasteiger charge is 2.39. The van der Waals surface area contributed by atoms with Crippen LogP contribution in [0.15, 0.2) is 29.2 Å². The number of ether oxygens (including phenoxy) is 1. The van der Waals surface area contributed by atoms with Gasteiger partial charge in [0.05, 0.1) is 5.60 Å². The van der Waals surface area contributed by atoms with E-state index in [1.54, 1.807) is 23.9 Å². The Kier molecular flexibility index (Phi) is 5.01. The molecule has 0 radical (unpaired) electrons. The van der Waals surface area contributed by atoms with Crippen LogP contribution in [0, 0.1) is 5.82 Å². The standard InChI is InChI=1S/C14H18FNO3S/c1-14(19-8-13(17)18)9-16(10-14)6-7-20-12-4-2-11(15)3-5-12/h2-5H,6-10H2,1H3,(H,17,18). The molecule has 0 unspecified atom stereocenters. The van der Waals surface area contributed by atoms with Crippen LogP contribution in [0.2, 0.25) is 0 Å². The number of carboxylic acids is 1. The first kappa shape index (κ1) is 15.3. The lowest BCUT2D eigenvalue weighted by Crippen LogP contribution is -2.62. The molecule has 1 saturated heterocycles. The van der Waals surface area contributed by atoms with E-state index in [2.05, 4.69) is 4.90 Å².